The molecule has 4 aromatic carbocycles. The van der Waals surface area contributed by atoms with Crippen molar-refractivity contribution in [1.29, 1.82) is 0 Å². The summed E-state index contributed by atoms with van der Waals surface area (Å²) in [4.78, 5) is 13.3. The number of rotatable bonds is 7. The van der Waals surface area contributed by atoms with E-state index in [0.29, 0.717) is 0 Å². The third-order valence-electron chi connectivity index (χ3n) is 5.55. The standard InChI is InChI=1S/C10H12O3.3C6H5.Sn/c1-7-4-3-5-8(2)10(7)13-6-9(11)12;3*1-2-4-6-5-3-1;/h3-5H,6H2,1-2H3,(H,11,12);3*1-5H;/q;;;;+1/p-1. The number of ether oxygens (including phenoxy) is 1. The molecule has 0 N–H and O–H groups in total. The van der Waals surface area contributed by atoms with Gasteiger partial charge in [-0.2, -0.15) is 0 Å². The van der Waals surface area contributed by atoms with Crippen LogP contribution in [0.4, 0.5) is 0 Å². The van der Waals surface area contributed by atoms with E-state index in [0.717, 1.165) is 27.6 Å². The number of hydrogen-bond donors (Lipinski definition) is 0. The van der Waals surface area contributed by atoms with Crippen molar-refractivity contribution in [2.75, 3.05) is 6.61 Å². The summed E-state index contributed by atoms with van der Waals surface area (Å²) in [6.45, 7) is 3.83. The van der Waals surface area contributed by atoms with Crippen LogP contribution in [-0.4, -0.2) is 31.4 Å². The van der Waals surface area contributed by atoms with Crippen LogP contribution in [0.1, 0.15) is 11.1 Å². The topological polar surface area (TPSA) is 35.5 Å². The molecule has 3 nitrogen and oxygen atoms in total. The molecule has 4 heteroatoms. The summed E-state index contributed by atoms with van der Waals surface area (Å²) in [5.41, 5.74) is 2.00. The van der Waals surface area contributed by atoms with Gasteiger partial charge in [-0.1, -0.05) is 0 Å². The fraction of sp³-hybridized carbons (Fsp3) is 0.107. The second-order valence-corrected chi connectivity index (χ2v) is 17.2. The van der Waals surface area contributed by atoms with Crippen LogP contribution in [0.2, 0.25) is 0 Å². The van der Waals surface area contributed by atoms with E-state index in [1.165, 1.54) is 0 Å². The molecule has 0 bridgehead atoms. The Labute approximate surface area is 194 Å². The van der Waals surface area contributed by atoms with Gasteiger partial charge in [-0.25, -0.2) is 0 Å². The summed E-state index contributed by atoms with van der Waals surface area (Å²) in [6, 6.07) is 36.4. The van der Waals surface area contributed by atoms with Crippen molar-refractivity contribution in [3.8, 4) is 5.75 Å². The van der Waals surface area contributed by atoms with Gasteiger partial charge in [-0.05, 0) is 0 Å². The van der Waals surface area contributed by atoms with Crippen molar-refractivity contribution in [3.63, 3.8) is 0 Å². The van der Waals surface area contributed by atoms with Crippen LogP contribution in [0.3, 0.4) is 0 Å². The first-order valence-electron chi connectivity index (χ1n) is 10.7. The first-order valence-corrected chi connectivity index (χ1v) is 16.1. The van der Waals surface area contributed by atoms with Crippen LogP contribution in [0.5, 0.6) is 5.75 Å². The Morgan fingerprint density at radius 1 is 0.625 bits per heavy atom. The van der Waals surface area contributed by atoms with Crippen molar-refractivity contribution < 1.29 is 12.6 Å². The average Bonchev–Trinajstić information content (AvgIpc) is 2.84. The number of carbonyl (C=O) groups excluding carboxylic acids is 1. The van der Waals surface area contributed by atoms with Gasteiger partial charge in [0, 0.05) is 0 Å². The van der Waals surface area contributed by atoms with E-state index in [4.69, 9.17) is 7.81 Å². The number of benzene rings is 4. The molecule has 0 saturated heterocycles. The molecule has 0 aromatic heterocycles. The number of carbonyl (C=O) groups is 1. The Kier molecular flexibility index (Phi) is 6.96. The van der Waals surface area contributed by atoms with E-state index < -0.39 is 18.8 Å². The second-order valence-electron chi connectivity index (χ2n) is 7.76. The molecule has 0 unspecified atom stereocenters. The Balaban J connectivity index is 1.75. The molecule has 0 amide bonds. The minimum absolute atomic E-state index is 0.128. The van der Waals surface area contributed by atoms with Crippen molar-refractivity contribution in [2.24, 2.45) is 0 Å². The minimum atomic E-state index is -4.10. The molecule has 0 spiro atoms. The number of aryl methyl sites for hydroxylation is 2. The van der Waals surface area contributed by atoms with Gasteiger partial charge in [0.25, 0.3) is 0 Å². The van der Waals surface area contributed by atoms with Gasteiger partial charge in [0.1, 0.15) is 0 Å². The van der Waals surface area contributed by atoms with Crippen molar-refractivity contribution >= 4 is 35.5 Å². The number of hydrogen-bond acceptors (Lipinski definition) is 3. The van der Waals surface area contributed by atoms with Crippen molar-refractivity contribution in [2.45, 2.75) is 13.8 Å². The molecule has 32 heavy (non-hydrogen) atoms. The van der Waals surface area contributed by atoms with Gasteiger partial charge in [-0.15, -0.1) is 0 Å². The first-order chi connectivity index (χ1) is 15.6. The quantitative estimate of drug-likeness (QED) is 0.341. The van der Waals surface area contributed by atoms with E-state index in [2.05, 4.69) is 36.4 Å². The normalized spacial score (nSPS) is 11.1. The summed E-state index contributed by atoms with van der Waals surface area (Å²) in [6.07, 6.45) is 0. The molecule has 0 atom stereocenters. The molecule has 4 aromatic rings. The third-order valence-corrected chi connectivity index (χ3v) is 16.9. The Morgan fingerprint density at radius 2 is 1.03 bits per heavy atom. The predicted molar refractivity (Wildman–Crippen MR) is 131 cm³/mol. The van der Waals surface area contributed by atoms with Crippen LogP contribution in [0.15, 0.2) is 109 Å². The maximum atomic E-state index is 13.3. The monoisotopic (exact) mass is 530 g/mol. The predicted octanol–water partition coefficient (Wildman–Crippen LogP) is 3.89. The van der Waals surface area contributed by atoms with Crippen LogP contribution >= 0.6 is 0 Å². The first kappa shape index (κ1) is 22.2. The van der Waals surface area contributed by atoms with Gasteiger partial charge in [0.15, 0.2) is 0 Å². The molecule has 0 saturated carbocycles. The van der Waals surface area contributed by atoms with Gasteiger partial charge in [0.2, 0.25) is 0 Å². The summed E-state index contributed by atoms with van der Waals surface area (Å²) >= 11 is -4.10. The fourth-order valence-corrected chi connectivity index (χ4v) is 14.7. The van der Waals surface area contributed by atoms with Crippen molar-refractivity contribution in [3.05, 3.63) is 120 Å². The molecule has 0 aliphatic rings. The van der Waals surface area contributed by atoms with Gasteiger partial charge in [-0.3, -0.25) is 0 Å². The molecule has 0 aliphatic heterocycles. The maximum absolute atomic E-state index is 13.3. The van der Waals surface area contributed by atoms with Crippen LogP contribution in [-0.2, 0) is 7.87 Å². The zero-order valence-electron chi connectivity index (χ0n) is 18.3. The molecular weight excluding hydrogens is 503 g/mol. The third kappa shape index (κ3) is 4.58. The molecule has 4 rings (SSSR count). The Morgan fingerprint density at radius 3 is 1.44 bits per heavy atom. The van der Waals surface area contributed by atoms with Gasteiger partial charge < -0.3 is 0 Å². The van der Waals surface area contributed by atoms with Crippen LogP contribution < -0.4 is 15.5 Å². The average molecular weight is 529 g/mol. The number of para-hydroxylation sites is 1. The van der Waals surface area contributed by atoms with E-state index >= 15 is 0 Å². The van der Waals surface area contributed by atoms with E-state index in [9.17, 15) is 4.79 Å². The Hall–Kier alpha value is -3.05. The van der Waals surface area contributed by atoms with Crippen LogP contribution in [0, 0.1) is 13.8 Å². The summed E-state index contributed by atoms with van der Waals surface area (Å²) in [5, 5.41) is 0. The Bertz CT molecular complexity index is 1060. The zero-order valence-corrected chi connectivity index (χ0v) is 21.2. The van der Waals surface area contributed by atoms with Crippen LogP contribution in [0.25, 0.3) is 0 Å². The summed E-state index contributed by atoms with van der Waals surface area (Å²) in [7, 11) is 0. The van der Waals surface area contributed by atoms with E-state index in [1.54, 1.807) is 0 Å². The second kappa shape index (κ2) is 10.0. The van der Waals surface area contributed by atoms with Gasteiger partial charge >= 0.3 is 195 Å². The van der Waals surface area contributed by atoms with E-state index in [-0.39, 0.29) is 12.6 Å². The van der Waals surface area contributed by atoms with E-state index in [1.807, 2.05) is 86.6 Å². The molecule has 0 radical (unpaired) electrons. The molecule has 160 valence electrons. The molecule has 0 aliphatic carbocycles. The molecular formula is C28H26O3Sn. The zero-order chi connectivity index (χ0) is 22.4. The molecule has 0 fully saturated rings. The van der Waals surface area contributed by atoms with Gasteiger partial charge in [0.05, 0.1) is 0 Å². The van der Waals surface area contributed by atoms with Crippen molar-refractivity contribution in [1.82, 2.24) is 0 Å². The summed E-state index contributed by atoms with van der Waals surface area (Å²) < 4.78 is 15.7. The molecule has 0 heterocycles. The fourth-order valence-electron chi connectivity index (χ4n) is 4.05. The SMILES string of the molecule is Cc1cccc(C)c1OCC(=O)[O][Sn]([c]1ccccc1)([c]1ccccc1)[c]1ccccc1. The summed E-state index contributed by atoms with van der Waals surface area (Å²) in [5.74, 6) is 0.393.